The third-order valence-electron chi connectivity index (χ3n) is 4.98. The smallest absolute Gasteiger partial charge is 0.241 e. The summed E-state index contributed by atoms with van der Waals surface area (Å²) in [5.74, 6) is 0.0323. The normalized spacial score (nSPS) is 16.8. The van der Waals surface area contributed by atoms with Gasteiger partial charge < -0.3 is 10.6 Å². The van der Waals surface area contributed by atoms with Gasteiger partial charge in [0.1, 0.15) is 0 Å². The lowest BCUT2D eigenvalue weighted by Crippen LogP contribution is -2.54. The molecule has 0 saturated carbocycles. The standard InChI is InChI=1S/C20H27N5O2/c1-3-21-19(26)14-24-10-12-25(13-11-24)15(2)20(27)23-18-8-4-7-17-16(18)6-5-9-22-17/h4-9,15H,3,10-14H2,1-2H3,(H,21,26)(H,23,27). The van der Waals surface area contributed by atoms with E-state index in [0.717, 1.165) is 42.8 Å². The minimum Gasteiger partial charge on any atom is -0.355 e. The van der Waals surface area contributed by atoms with E-state index in [0.29, 0.717) is 13.1 Å². The van der Waals surface area contributed by atoms with Crippen LogP contribution in [-0.4, -0.2) is 71.9 Å². The van der Waals surface area contributed by atoms with Crippen molar-refractivity contribution in [3.8, 4) is 0 Å². The van der Waals surface area contributed by atoms with E-state index in [9.17, 15) is 9.59 Å². The second-order valence-electron chi connectivity index (χ2n) is 6.81. The maximum absolute atomic E-state index is 12.7. The summed E-state index contributed by atoms with van der Waals surface area (Å²) in [4.78, 5) is 33.1. The summed E-state index contributed by atoms with van der Waals surface area (Å²) in [6, 6.07) is 9.33. The van der Waals surface area contributed by atoms with Gasteiger partial charge in [0.05, 0.1) is 23.8 Å². The van der Waals surface area contributed by atoms with Crippen LogP contribution in [0.25, 0.3) is 10.9 Å². The number of likely N-dealkylation sites (N-methyl/N-ethyl adjacent to an activating group) is 1. The summed E-state index contributed by atoms with van der Waals surface area (Å²) in [6.45, 7) is 8.03. The molecule has 0 bridgehead atoms. The van der Waals surface area contributed by atoms with Crippen LogP contribution in [0.3, 0.4) is 0 Å². The first-order valence-corrected chi connectivity index (χ1v) is 9.46. The first kappa shape index (κ1) is 19.3. The number of fused-ring (bicyclic) bond motifs is 1. The van der Waals surface area contributed by atoms with Gasteiger partial charge >= 0.3 is 0 Å². The van der Waals surface area contributed by atoms with Crippen molar-refractivity contribution in [2.75, 3.05) is 44.6 Å². The van der Waals surface area contributed by atoms with Crippen molar-refractivity contribution in [2.24, 2.45) is 0 Å². The van der Waals surface area contributed by atoms with Crippen molar-refractivity contribution in [1.29, 1.82) is 0 Å². The third kappa shape index (κ3) is 4.81. The quantitative estimate of drug-likeness (QED) is 0.803. The van der Waals surface area contributed by atoms with Gasteiger partial charge in [-0.3, -0.25) is 24.4 Å². The maximum atomic E-state index is 12.7. The van der Waals surface area contributed by atoms with Crippen LogP contribution in [0, 0.1) is 0 Å². The molecule has 0 aliphatic carbocycles. The summed E-state index contributed by atoms with van der Waals surface area (Å²) < 4.78 is 0. The van der Waals surface area contributed by atoms with E-state index in [1.54, 1.807) is 6.20 Å². The van der Waals surface area contributed by atoms with Crippen molar-refractivity contribution >= 4 is 28.4 Å². The van der Waals surface area contributed by atoms with Crippen LogP contribution in [0.2, 0.25) is 0 Å². The molecular formula is C20H27N5O2. The topological polar surface area (TPSA) is 77.6 Å². The average Bonchev–Trinajstić information content (AvgIpc) is 2.68. The molecule has 0 radical (unpaired) electrons. The highest BCUT2D eigenvalue weighted by molar-refractivity contribution is 6.02. The second-order valence-corrected chi connectivity index (χ2v) is 6.81. The minimum atomic E-state index is -0.233. The van der Waals surface area contributed by atoms with Gasteiger partial charge in [-0.25, -0.2) is 0 Å². The predicted octanol–water partition coefficient (Wildman–Crippen LogP) is 1.32. The molecule has 1 aromatic heterocycles. The molecule has 2 amide bonds. The van der Waals surface area contributed by atoms with Crippen LogP contribution >= 0.6 is 0 Å². The first-order chi connectivity index (χ1) is 13.1. The van der Waals surface area contributed by atoms with Crippen LogP contribution in [-0.2, 0) is 9.59 Å². The molecule has 0 spiro atoms. The number of nitrogens with zero attached hydrogens (tertiary/aromatic N) is 3. The number of amides is 2. The van der Waals surface area contributed by atoms with E-state index in [4.69, 9.17) is 0 Å². The van der Waals surface area contributed by atoms with Gasteiger partial charge in [0.25, 0.3) is 0 Å². The van der Waals surface area contributed by atoms with Crippen LogP contribution in [0.5, 0.6) is 0 Å². The van der Waals surface area contributed by atoms with Crippen molar-refractivity contribution < 1.29 is 9.59 Å². The number of hydrogen-bond acceptors (Lipinski definition) is 5. The summed E-state index contributed by atoms with van der Waals surface area (Å²) in [5, 5.41) is 6.80. The molecule has 1 unspecified atom stereocenters. The van der Waals surface area contributed by atoms with E-state index in [-0.39, 0.29) is 17.9 Å². The molecule has 1 aliphatic rings. The number of carbonyl (C=O) groups excluding carboxylic acids is 2. The van der Waals surface area contributed by atoms with Crippen LogP contribution in [0.4, 0.5) is 5.69 Å². The van der Waals surface area contributed by atoms with Crippen LogP contribution in [0.15, 0.2) is 36.5 Å². The summed E-state index contributed by atoms with van der Waals surface area (Å²) in [6.07, 6.45) is 1.75. The Hall–Kier alpha value is -2.51. The van der Waals surface area contributed by atoms with Gasteiger partial charge in [0.15, 0.2) is 0 Å². The Labute approximate surface area is 159 Å². The third-order valence-corrected chi connectivity index (χ3v) is 4.98. The fraction of sp³-hybridized carbons (Fsp3) is 0.450. The molecule has 1 fully saturated rings. The molecule has 1 aliphatic heterocycles. The number of nitrogens with one attached hydrogen (secondary N) is 2. The Morgan fingerprint density at radius 3 is 2.67 bits per heavy atom. The van der Waals surface area contributed by atoms with Gasteiger partial charge in [-0.05, 0) is 38.1 Å². The first-order valence-electron chi connectivity index (χ1n) is 9.46. The summed E-state index contributed by atoms with van der Waals surface area (Å²) >= 11 is 0. The average molecular weight is 369 g/mol. The molecule has 144 valence electrons. The molecule has 7 nitrogen and oxygen atoms in total. The van der Waals surface area contributed by atoms with Gasteiger partial charge in [-0.2, -0.15) is 0 Å². The molecule has 3 rings (SSSR count). The monoisotopic (exact) mass is 369 g/mol. The lowest BCUT2D eigenvalue weighted by Gasteiger charge is -2.37. The van der Waals surface area contributed by atoms with Gasteiger partial charge in [0.2, 0.25) is 11.8 Å². The Morgan fingerprint density at radius 1 is 1.15 bits per heavy atom. The molecule has 2 heterocycles. The van der Waals surface area contributed by atoms with E-state index in [2.05, 4.69) is 25.4 Å². The number of hydrogen-bond donors (Lipinski definition) is 2. The zero-order valence-electron chi connectivity index (χ0n) is 15.9. The van der Waals surface area contributed by atoms with E-state index in [1.165, 1.54) is 0 Å². The molecule has 27 heavy (non-hydrogen) atoms. The fourth-order valence-corrected chi connectivity index (χ4v) is 3.38. The van der Waals surface area contributed by atoms with Crippen LogP contribution < -0.4 is 10.6 Å². The molecule has 2 aromatic rings. The van der Waals surface area contributed by atoms with Crippen molar-refractivity contribution in [3.05, 3.63) is 36.5 Å². The van der Waals surface area contributed by atoms with Gasteiger partial charge in [-0.1, -0.05) is 6.07 Å². The molecule has 1 aromatic carbocycles. The number of benzene rings is 1. The predicted molar refractivity (Wildman–Crippen MR) is 107 cm³/mol. The lowest BCUT2D eigenvalue weighted by molar-refractivity contribution is -0.124. The molecule has 7 heteroatoms. The SMILES string of the molecule is CCNC(=O)CN1CCN(C(C)C(=O)Nc2cccc3ncccc23)CC1. The Balaban J connectivity index is 1.56. The highest BCUT2D eigenvalue weighted by Crippen LogP contribution is 2.21. The molecule has 2 N–H and O–H groups in total. The number of carbonyl (C=O) groups is 2. The number of rotatable bonds is 6. The summed E-state index contributed by atoms with van der Waals surface area (Å²) in [7, 11) is 0. The molecule has 1 atom stereocenters. The van der Waals surface area contributed by atoms with E-state index >= 15 is 0 Å². The lowest BCUT2D eigenvalue weighted by atomic mass is 10.1. The van der Waals surface area contributed by atoms with Crippen molar-refractivity contribution in [2.45, 2.75) is 19.9 Å². The van der Waals surface area contributed by atoms with E-state index < -0.39 is 0 Å². The second kappa shape index (κ2) is 8.92. The number of piperazine rings is 1. The maximum Gasteiger partial charge on any atom is 0.241 e. The molecule has 1 saturated heterocycles. The van der Waals surface area contributed by atoms with Gasteiger partial charge in [-0.15, -0.1) is 0 Å². The van der Waals surface area contributed by atoms with Crippen LogP contribution in [0.1, 0.15) is 13.8 Å². The van der Waals surface area contributed by atoms with E-state index in [1.807, 2.05) is 44.2 Å². The summed E-state index contributed by atoms with van der Waals surface area (Å²) in [5.41, 5.74) is 1.65. The zero-order valence-corrected chi connectivity index (χ0v) is 15.9. The number of pyridine rings is 1. The van der Waals surface area contributed by atoms with Crippen molar-refractivity contribution in [1.82, 2.24) is 20.1 Å². The fourth-order valence-electron chi connectivity index (χ4n) is 3.38. The highest BCUT2D eigenvalue weighted by atomic mass is 16.2. The zero-order chi connectivity index (χ0) is 19.2. The highest BCUT2D eigenvalue weighted by Gasteiger charge is 2.26. The minimum absolute atomic E-state index is 0.0245. The number of anilines is 1. The van der Waals surface area contributed by atoms with Gasteiger partial charge in [0, 0.05) is 44.3 Å². The largest absolute Gasteiger partial charge is 0.355 e. The number of aromatic nitrogens is 1. The molecular weight excluding hydrogens is 342 g/mol. The van der Waals surface area contributed by atoms with Crippen molar-refractivity contribution in [3.63, 3.8) is 0 Å². The Morgan fingerprint density at radius 2 is 1.93 bits per heavy atom. The Bertz CT molecular complexity index is 797. The Kier molecular flexibility index (Phi) is 6.36.